The summed E-state index contributed by atoms with van der Waals surface area (Å²) in [7, 11) is 2.10. The van der Waals surface area contributed by atoms with Gasteiger partial charge >= 0.3 is 0 Å². The molecule has 2 aliphatic rings. The zero-order valence-corrected chi connectivity index (χ0v) is 23.3. The molecule has 2 bridgehead atoms. The van der Waals surface area contributed by atoms with E-state index in [1.165, 1.54) is 0 Å². The molecule has 0 saturated carbocycles. The molecule has 1 aliphatic heterocycles. The summed E-state index contributed by atoms with van der Waals surface area (Å²) in [6.07, 6.45) is 13.5. The SMILES string of the molecule is CCN(C)CCN1/C=C/NC(=O)C(C(C)C)Nc2nc(nc3c2=CCC=CC=3)C1.O=Cc1ccc(Cl)cc1. The van der Waals surface area contributed by atoms with E-state index in [1.54, 1.807) is 30.5 Å². The normalized spacial score (nSPS) is 17.4. The van der Waals surface area contributed by atoms with Crippen molar-refractivity contribution in [3.63, 3.8) is 0 Å². The highest BCUT2D eigenvalue weighted by Crippen LogP contribution is 2.11. The van der Waals surface area contributed by atoms with Crippen LogP contribution < -0.4 is 21.2 Å². The van der Waals surface area contributed by atoms with Crippen LogP contribution in [0.15, 0.2) is 48.8 Å². The molecule has 0 fully saturated rings. The van der Waals surface area contributed by atoms with Crippen molar-refractivity contribution >= 4 is 41.8 Å². The van der Waals surface area contributed by atoms with Crippen molar-refractivity contribution < 1.29 is 9.59 Å². The first-order chi connectivity index (χ1) is 18.3. The third kappa shape index (κ3) is 8.53. The van der Waals surface area contributed by atoms with Crippen molar-refractivity contribution in [3.8, 4) is 0 Å². The molecule has 8 nitrogen and oxygen atoms in total. The second-order valence-electron chi connectivity index (χ2n) is 9.55. The topological polar surface area (TPSA) is 90.5 Å². The summed E-state index contributed by atoms with van der Waals surface area (Å²) >= 11 is 5.55. The first kappa shape index (κ1) is 29.1. The number of anilines is 1. The number of benzene rings is 1. The lowest BCUT2D eigenvalue weighted by molar-refractivity contribution is -0.121. The smallest absolute Gasteiger partial charge is 0.246 e. The highest BCUT2D eigenvalue weighted by molar-refractivity contribution is 6.30. The minimum Gasteiger partial charge on any atom is -0.367 e. The summed E-state index contributed by atoms with van der Waals surface area (Å²) in [4.78, 5) is 36.9. The van der Waals surface area contributed by atoms with Crippen LogP contribution in [0.5, 0.6) is 0 Å². The Hall–Kier alpha value is -3.49. The molecule has 1 aromatic carbocycles. The number of rotatable bonds is 6. The molecule has 1 atom stereocenters. The molecule has 2 aromatic rings. The number of allylic oxidation sites excluding steroid dienone is 2. The fraction of sp³-hybridized carbons (Fsp3) is 0.379. The van der Waals surface area contributed by atoms with Crippen molar-refractivity contribution in [1.82, 2.24) is 25.1 Å². The third-order valence-corrected chi connectivity index (χ3v) is 6.53. The first-order valence-corrected chi connectivity index (χ1v) is 13.3. The molecule has 2 heterocycles. The van der Waals surface area contributed by atoms with E-state index in [-0.39, 0.29) is 17.9 Å². The fourth-order valence-corrected chi connectivity index (χ4v) is 3.98. The van der Waals surface area contributed by atoms with Gasteiger partial charge < -0.3 is 20.4 Å². The average Bonchev–Trinajstić information content (AvgIpc) is 3.16. The Morgan fingerprint density at radius 1 is 1.24 bits per heavy atom. The summed E-state index contributed by atoms with van der Waals surface area (Å²) < 4.78 is 0. The monoisotopic (exact) mass is 536 g/mol. The summed E-state index contributed by atoms with van der Waals surface area (Å²) in [5, 5.41) is 8.83. The van der Waals surface area contributed by atoms with Gasteiger partial charge in [0.2, 0.25) is 5.91 Å². The maximum atomic E-state index is 12.8. The summed E-state index contributed by atoms with van der Waals surface area (Å²) in [6.45, 7) is 9.52. The number of aldehydes is 1. The maximum absolute atomic E-state index is 12.8. The number of carbonyl (C=O) groups is 2. The van der Waals surface area contributed by atoms with Gasteiger partial charge in [0.1, 0.15) is 18.1 Å². The number of halogens is 1. The van der Waals surface area contributed by atoms with E-state index in [1.807, 2.05) is 32.2 Å². The Morgan fingerprint density at radius 3 is 2.68 bits per heavy atom. The van der Waals surface area contributed by atoms with Crippen LogP contribution >= 0.6 is 11.6 Å². The molecule has 9 heteroatoms. The molecule has 1 aliphatic carbocycles. The van der Waals surface area contributed by atoms with Crippen LogP contribution in [0.3, 0.4) is 0 Å². The molecule has 38 heavy (non-hydrogen) atoms. The minimum absolute atomic E-state index is 0.0617. The van der Waals surface area contributed by atoms with Gasteiger partial charge in [-0.25, -0.2) is 9.97 Å². The van der Waals surface area contributed by atoms with Gasteiger partial charge in [-0.05, 0) is 44.1 Å². The Labute approximate surface area is 229 Å². The number of hydrogen-bond acceptors (Lipinski definition) is 7. The second kappa shape index (κ2) is 14.4. The van der Waals surface area contributed by atoms with Crippen molar-refractivity contribution in [2.45, 2.75) is 39.8 Å². The first-order valence-electron chi connectivity index (χ1n) is 12.9. The number of fused-ring (bicyclic) bond motifs is 4. The van der Waals surface area contributed by atoms with Crippen LogP contribution in [0.1, 0.15) is 43.4 Å². The number of aromatic nitrogens is 2. The molecule has 1 aromatic heterocycles. The van der Waals surface area contributed by atoms with E-state index >= 15 is 0 Å². The highest BCUT2D eigenvalue weighted by atomic mass is 35.5. The summed E-state index contributed by atoms with van der Waals surface area (Å²) in [5.41, 5.74) is 0.652. The van der Waals surface area contributed by atoms with E-state index in [2.05, 4.69) is 46.6 Å². The lowest BCUT2D eigenvalue weighted by Crippen LogP contribution is -2.44. The molecule has 2 N–H and O–H groups in total. The molecule has 4 rings (SSSR count). The minimum atomic E-state index is -0.381. The van der Waals surface area contributed by atoms with Gasteiger partial charge in [0.15, 0.2) is 5.82 Å². The van der Waals surface area contributed by atoms with E-state index in [9.17, 15) is 9.59 Å². The quantitative estimate of drug-likeness (QED) is 0.549. The van der Waals surface area contributed by atoms with E-state index in [4.69, 9.17) is 21.6 Å². The number of nitrogens with zero attached hydrogens (tertiary/aromatic N) is 4. The predicted octanol–water partition coefficient (Wildman–Crippen LogP) is 2.94. The molecule has 1 amide bonds. The van der Waals surface area contributed by atoms with Crippen LogP contribution in [-0.4, -0.2) is 64.7 Å². The average molecular weight is 537 g/mol. The van der Waals surface area contributed by atoms with E-state index in [0.29, 0.717) is 17.1 Å². The van der Waals surface area contributed by atoms with E-state index in [0.717, 1.165) is 54.6 Å². The van der Waals surface area contributed by atoms with Gasteiger partial charge in [0.05, 0.1) is 11.9 Å². The largest absolute Gasteiger partial charge is 0.367 e. The van der Waals surface area contributed by atoms with Crippen molar-refractivity contribution in [2.75, 3.05) is 32.0 Å². The Morgan fingerprint density at radius 2 is 2.00 bits per heavy atom. The predicted molar refractivity (Wildman–Crippen MR) is 154 cm³/mol. The fourth-order valence-electron chi connectivity index (χ4n) is 3.85. The summed E-state index contributed by atoms with van der Waals surface area (Å²) in [5.74, 6) is 1.52. The molecule has 202 valence electrons. The molecule has 0 spiro atoms. The lowest BCUT2D eigenvalue weighted by Gasteiger charge is -2.23. The van der Waals surface area contributed by atoms with Gasteiger partial charge in [0.25, 0.3) is 0 Å². The van der Waals surface area contributed by atoms with Crippen molar-refractivity contribution in [3.05, 3.63) is 75.8 Å². The molecule has 0 saturated heterocycles. The van der Waals surface area contributed by atoms with Gasteiger partial charge in [-0.15, -0.1) is 0 Å². The number of hydrogen-bond donors (Lipinski definition) is 2. The Kier molecular flexibility index (Phi) is 11.1. The maximum Gasteiger partial charge on any atom is 0.246 e. The molecular weight excluding hydrogens is 500 g/mol. The van der Waals surface area contributed by atoms with Crippen LogP contribution in [0.2, 0.25) is 5.02 Å². The van der Waals surface area contributed by atoms with Gasteiger partial charge in [-0.1, -0.05) is 62.7 Å². The number of amides is 1. The zero-order chi connectivity index (χ0) is 27.5. The zero-order valence-electron chi connectivity index (χ0n) is 22.5. The number of nitrogens with one attached hydrogen (secondary N) is 2. The van der Waals surface area contributed by atoms with Crippen LogP contribution in [0, 0.1) is 5.92 Å². The number of likely N-dealkylation sites (N-methyl/N-ethyl adjacent to an activating group) is 1. The lowest BCUT2D eigenvalue weighted by atomic mass is 10.0. The van der Waals surface area contributed by atoms with Gasteiger partial charge in [-0.3, -0.25) is 9.59 Å². The Balaban J connectivity index is 0.000000375. The Bertz CT molecular complexity index is 1270. The standard InChI is InChI=1S/C22H32N6O.C7H5ClO/c1-5-27(4)13-14-28-12-11-23-22(29)20(16(2)3)26-21-17-9-7-6-8-10-18(17)24-19(15-28)25-21;8-7-3-1-6(5-9)2-4-7/h6,8-12,16,20H,5,7,13-15H2,1-4H3,(H,23,29)(H,24,25,26);1-5H/b12-11+;. The van der Waals surface area contributed by atoms with Crippen LogP contribution in [0.25, 0.3) is 12.2 Å². The van der Waals surface area contributed by atoms with Crippen LogP contribution in [0.4, 0.5) is 5.82 Å². The van der Waals surface area contributed by atoms with Gasteiger partial charge in [-0.2, -0.15) is 0 Å². The van der Waals surface area contributed by atoms with Crippen LogP contribution in [-0.2, 0) is 11.3 Å². The summed E-state index contributed by atoms with van der Waals surface area (Å²) in [6, 6.07) is 6.34. The molecule has 1 unspecified atom stereocenters. The van der Waals surface area contributed by atoms with Crippen molar-refractivity contribution in [1.29, 1.82) is 0 Å². The second-order valence-corrected chi connectivity index (χ2v) is 9.98. The van der Waals surface area contributed by atoms with Crippen molar-refractivity contribution in [2.24, 2.45) is 5.92 Å². The van der Waals surface area contributed by atoms with E-state index < -0.39 is 0 Å². The number of carbonyl (C=O) groups excluding carboxylic acids is 2. The molecular formula is C29H37ClN6O2. The van der Waals surface area contributed by atoms with Gasteiger partial charge in [0, 0.05) is 41.3 Å². The molecule has 0 radical (unpaired) electrons. The third-order valence-electron chi connectivity index (χ3n) is 6.28. The highest BCUT2D eigenvalue weighted by Gasteiger charge is 2.23.